The standard InChI is InChI=1S/C32H47N3O6/c1-8-9-10-11-12-19-35(30(38)27(21-36)34-31(39)41-32(4,5)6)28(26-20-22(2)13-14-23(26)3)29(37)33-24-15-17-25(40-7)18-16-24/h13-18,20,27-28,36H,8-12,19,21H2,1-7H3,(H,33,37)(H,34,39). The van der Waals surface area contributed by atoms with Crippen molar-refractivity contribution in [2.45, 2.75) is 91.3 Å². The molecule has 3 amide bonds. The van der Waals surface area contributed by atoms with Crippen LogP contribution in [0.15, 0.2) is 42.5 Å². The molecule has 0 bridgehead atoms. The quantitative estimate of drug-likeness (QED) is 0.252. The third-order valence-electron chi connectivity index (χ3n) is 6.60. The molecular formula is C32H47N3O6. The number of anilines is 1. The number of carbonyl (C=O) groups excluding carboxylic acids is 3. The molecule has 0 heterocycles. The predicted octanol–water partition coefficient (Wildman–Crippen LogP) is 5.68. The lowest BCUT2D eigenvalue weighted by Crippen LogP contribution is -2.54. The Morgan fingerprint density at radius 2 is 1.63 bits per heavy atom. The predicted molar refractivity (Wildman–Crippen MR) is 161 cm³/mol. The van der Waals surface area contributed by atoms with E-state index < -0.39 is 42.2 Å². The average molecular weight is 570 g/mol. The number of alkyl carbamates (subject to hydrolysis) is 1. The highest BCUT2D eigenvalue weighted by molar-refractivity contribution is 5.99. The molecule has 2 aromatic rings. The van der Waals surface area contributed by atoms with Crippen molar-refractivity contribution in [2.24, 2.45) is 0 Å². The number of hydrogen-bond donors (Lipinski definition) is 3. The molecule has 0 aliphatic rings. The molecule has 9 heteroatoms. The molecular weight excluding hydrogens is 522 g/mol. The normalized spacial score (nSPS) is 12.7. The maximum Gasteiger partial charge on any atom is 0.408 e. The fourth-order valence-corrected chi connectivity index (χ4v) is 4.48. The minimum atomic E-state index is -1.29. The first kappa shape index (κ1) is 33.6. The van der Waals surface area contributed by atoms with Gasteiger partial charge < -0.3 is 30.1 Å². The Bertz CT molecular complexity index is 1140. The summed E-state index contributed by atoms with van der Waals surface area (Å²) in [6.07, 6.45) is 3.87. The van der Waals surface area contributed by atoms with Crippen LogP contribution in [0.5, 0.6) is 5.75 Å². The Kier molecular flexibility index (Phi) is 13.1. The fourth-order valence-electron chi connectivity index (χ4n) is 4.48. The molecule has 0 saturated heterocycles. The van der Waals surface area contributed by atoms with Gasteiger partial charge in [0.2, 0.25) is 5.91 Å². The molecule has 0 fully saturated rings. The Hall–Kier alpha value is -3.59. The molecule has 0 saturated carbocycles. The number of ether oxygens (including phenoxy) is 2. The van der Waals surface area contributed by atoms with Crippen LogP contribution in [0, 0.1) is 13.8 Å². The molecule has 226 valence electrons. The average Bonchev–Trinajstić information content (AvgIpc) is 2.91. The minimum Gasteiger partial charge on any atom is -0.497 e. The highest BCUT2D eigenvalue weighted by Crippen LogP contribution is 2.29. The second-order valence-corrected chi connectivity index (χ2v) is 11.3. The highest BCUT2D eigenvalue weighted by atomic mass is 16.6. The SMILES string of the molecule is CCCCCCCN(C(=O)C(CO)NC(=O)OC(C)(C)C)C(C(=O)Nc1ccc(OC)cc1)c1cc(C)ccc1C. The number of benzene rings is 2. The van der Waals surface area contributed by atoms with Gasteiger partial charge in [-0.25, -0.2) is 4.79 Å². The van der Waals surface area contributed by atoms with Gasteiger partial charge in [-0.3, -0.25) is 9.59 Å². The van der Waals surface area contributed by atoms with Gasteiger partial charge in [0, 0.05) is 12.2 Å². The van der Waals surface area contributed by atoms with E-state index in [2.05, 4.69) is 17.6 Å². The van der Waals surface area contributed by atoms with E-state index in [0.29, 0.717) is 23.4 Å². The van der Waals surface area contributed by atoms with Crippen LogP contribution in [-0.4, -0.2) is 59.8 Å². The number of rotatable bonds is 14. The summed E-state index contributed by atoms with van der Waals surface area (Å²) in [6, 6.07) is 10.4. The van der Waals surface area contributed by atoms with E-state index in [9.17, 15) is 19.5 Å². The lowest BCUT2D eigenvalue weighted by atomic mass is 9.95. The van der Waals surface area contributed by atoms with E-state index in [0.717, 1.165) is 36.8 Å². The second kappa shape index (κ2) is 16.0. The first-order valence-corrected chi connectivity index (χ1v) is 14.3. The van der Waals surface area contributed by atoms with Gasteiger partial charge in [0.15, 0.2) is 0 Å². The Morgan fingerprint density at radius 1 is 0.976 bits per heavy atom. The van der Waals surface area contributed by atoms with Gasteiger partial charge in [0.25, 0.3) is 5.91 Å². The number of nitrogens with zero attached hydrogens (tertiary/aromatic N) is 1. The Labute approximate surface area is 244 Å². The summed E-state index contributed by atoms with van der Waals surface area (Å²) < 4.78 is 10.6. The summed E-state index contributed by atoms with van der Waals surface area (Å²) in [5.41, 5.74) is 2.22. The zero-order chi connectivity index (χ0) is 30.6. The molecule has 0 aliphatic heterocycles. The first-order valence-electron chi connectivity index (χ1n) is 14.3. The van der Waals surface area contributed by atoms with Gasteiger partial charge in [-0.1, -0.05) is 56.4 Å². The van der Waals surface area contributed by atoms with Crippen LogP contribution < -0.4 is 15.4 Å². The number of aliphatic hydroxyl groups excluding tert-OH is 1. The summed E-state index contributed by atoms with van der Waals surface area (Å²) in [5, 5.41) is 15.6. The fraction of sp³-hybridized carbons (Fsp3) is 0.531. The van der Waals surface area contributed by atoms with E-state index in [-0.39, 0.29) is 6.54 Å². The van der Waals surface area contributed by atoms with Crippen LogP contribution in [0.25, 0.3) is 0 Å². The van der Waals surface area contributed by atoms with Gasteiger partial charge >= 0.3 is 6.09 Å². The van der Waals surface area contributed by atoms with Gasteiger partial charge in [0.1, 0.15) is 23.4 Å². The van der Waals surface area contributed by atoms with E-state index >= 15 is 0 Å². The molecule has 0 radical (unpaired) electrons. The molecule has 3 N–H and O–H groups in total. The number of hydrogen-bond acceptors (Lipinski definition) is 6. The van der Waals surface area contributed by atoms with Crippen molar-refractivity contribution in [1.82, 2.24) is 10.2 Å². The first-order chi connectivity index (χ1) is 19.4. The van der Waals surface area contributed by atoms with Crippen LogP contribution in [0.4, 0.5) is 10.5 Å². The van der Waals surface area contributed by atoms with Crippen LogP contribution >= 0.6 is 0 Å². The third-order valence-corrected chi connectivity index (χ3v) is 6.60. The number of unbranched alkanes of at least 4 members (excludes halogenated alkanes) is 4. The summed E-state index contributed by atoms with van der Waals surface area (Å²) in [4.78, 5) is 42.1. The van der Waals surface area contributed by atoms with Crippen LogP contribution in [0.2, 0.25) is 0 Å². The van der Waals surface area contributed by atoms with Crippen molar-refractivity contribution in [1.29, 1.82) is 0 Å². The zero-order valence-corrected chi connectivity index (χ0v) is 25.6. The Balaban J connectivity index is 2.51. The van der Waals surface area contributed by atoms with Crippen molar-refractivity contribution in [3.8, 4) is 5.75 Å². The number of nitrogens with one attached hydrogen (secondary N) is 2. The molecule has 2 atom stereocenters. The van der Waals surface area contributed by atoms with Crippen molar-refractivity contribution in [3.05, 3.63) is 59.2 Å². The summed E-state index contributed by atoms with van der Waals surface area (Å²) in [6.45, 7) is 10.7. The zero-order valence-electron chi connectivity index (χ0n) is 25.6. The van der Waals surface area contributed by atoms with Gasteiger partial charge in [-0.05, 0) is 76.4 Å². The summed E-state index contributed by atoms with van der Waals surface area (Å²) in [7, 11) is 1.57. The van der Waals surface area contributed by atoms with Crippen LogP contribution in [0.1, 0.15) is 82.5 Å². The van der Waals surface area contributed by atoms with Gasteiger partial charge in [-0.15, -0.1) is 0 Å². The number of aryl methyl sites for hydroxylation is 2. The smallest absolute Gasteiger partial charge is 0.408 e. The van der Waals surface area contributed by atoms with Crippen LogP contribution in [0.3, 0.4) is 0 Å². The Morgan fingerprint density at radius 3 is 2.22 bits per heavy atom. The molecule has 0 aromatic heterocycles. The molecule has 0 spiro atoms. The maximum absolute atomic E-state index is 14.0. The van der Waals surface area contributed by atoms with E-state index in [1.54, 1.807) is 52.1 Å². The lowest BCUT2D eigenvalue weighted by Gasteiger charge is -2.35. The van der Waals surface area contributed by atoms with Crippen molar-refractivity contribution >= 4 is 23.6 Å². The largest absolute Gasteiger partial charge is 0.497 e. The second-order valence-electron chi connectivity index (χ2n) is 11.3. The third kappa shape index (κ3) is 10.7. The van der Waals surface area contributed by atoms with E-state index in [1.165, 1.54) is 4.90 Å². The molecule has 2 aromatic carbocycles. The monoisotopic (exact) mass is 569 g/mol. The van der Waals surface area contributed by atoms with Gasteiger partial charge in [0.05, 0.1) is 13.7 Å². The van der Waals surface area contributed by atoms with E-state index in [4.69, 9.17) is 9.47 Å². The van der Waals surface area contributed by atoms with Crippen LogP contribution in [-0.2, 0) is 14.3 Å². The van der Waals surface area contributed by atoms with Crippen molar-refractivity contribution in [2.75, 3.05) is 25.6 Å². The van der Waals surface area contributed by atoms with Crippen molar-refractivity contribution in [3.63, 3.8) is 0 Å². The lowest BCUT2D eigenvalue weighted by molar-refractivity contribution is -0.141. The van der Waals surface area contributed by atoms with E-state index in [1.807, 2.05) is 32.0 Å². The summed E-state index contributed by atoms with van der Waals surface area (Å²) >= 11 is 0. The number of aliphatic hydroxyl groups is 1. The number of carbonyl (C=O) groups is 3. The molecule has 41 heavy (non-hydrogen) atoms. The number of methoxy groups -OCH3 is 1. The molecule has 9 nitrogen and oxygen atoms in total. The summed E-state index contributed by atoms with van der Waals surface area (Å²) in [5.74, 6) is -0.318. The number of amides is 3. The maximum atomic E-state index is 14.0. The topological polar surface area (TPSA) is 117 Å². The highest BCUT2D eigenvalue weighted by Gasteiger charge is 2.36. The molecule has 2 unspecified atom stereocenters. The minimum absolute atomic E-state index is 0.267. The van der Waals surface area contributed by atoms with Gasteiger partial charge in [-0.2, -0.15) is 0 Å². The van der Waals surface area contributed by atoms with Crippen molar-refractivity contribution < 1.29 is 29.0 Å². The molecule has 2 rings (SSSR count). The molecule has 0 aliphatic carbocycles.